The van der Waals surface area contributed by atoms with Gasteiger partial charge in [0.1, 0.15) is 11.2 Å². The minimum Gasteiger partial charge on any atom is -0.465 e. The maximum atomic E-state index is 12.9. The van der Waals surface area contributed by atoms with Crippen molar-refractivity contribution < 1.29 is 9.53 Å². The van der Waals surface area contributed by atoms with Crippen LogP contribution in [-0.4, -0.2) is 27.8 Å². The number of pyridine rings is 1. The van der Waals surface area contributed by atoms with Gasteiger partial charge in [-0.15, -0.1) is 0 Å². The van der Waals surface area contributed by atoms with Crippen LogP contribution < -0.4 is 5.56 Å². The summed E-state index contributed by atoms with van der Waals surface area (Å²) >= 11 is 0. The van der Waals surface area contributed by atoms with Gasteiger partial charge in [0, 0.05) is 17.1 Å². The summed E-state index contributed by atoms with van der Waals surface area (Å²) in [5, 5.41) is 5.20. The van der Waals surface area contributed by atoms with Gasteiger partial charge >= 0.3 is 5.97 Å². The van der Waals surface area contributed by atoms with Crippen molar-refractivity contribution in [2.75, 3.05) is 7.11 Å². The molecule has 0 N–H and O–H groups in total. The molecular weight excluding hydrogens is 342 g/mol. The van der Waals surface area contributed by atoms with Crippen LogP contribution in [-0.2, 0) is 4.74 Å². The molecule has 0 saturated carbocycles. The summed E-state index contributed by atoms with van der Waals surface area (Å²) in [7, 11) is 1.34. The molecule has 27 heavy (non-hydrogen) atoms. The van der Waals surface area contributed by atoms with Crippen molar-refractivity contribution in [2.45, 2.75) is 0 Å². The van der Waals surface area contributed by atoms with Crippen LogP contribution in [0.1, 0.15) is 10.4 Å². The smallest absolute Gasteiger partial charge is 0.337 e. The summed E-state index contributed by atoms with van der Waals surface area (Å²) in [5.41, 5.74) is 2.32. The molecule has 4 aromatic rings. The topological polar surface area (TPSA) is 74.1 Å². The van der Waals surface area contributed by atoms with Gasteiger partial charge in [0.2, 0.25) is 0 Å². The molecular formula is C21H15N3O3. The molecule has 0 spiro atoms. The highest BCUT2D eigenvalue weighted by Gasteiger charge is 2.15. The van der Waals surface area contributed by atoms with E-state index in [1.54, 1.807) is 48.7 Å². The van der Waals surface area contributed by atoms with Crippen molar-refractivity contribution in [3.05, 3.63) is 88.8 Å². The Balaban J connectivity index is 2.02. The lowest BCUT2D eigenvalue weighted by atomic mass is 10.0. The first-order valence-corrected chi connectivity index (χ1v) is 8.31. The monoisotopic (exact) mass is 357 g/mol. The molecule has 6 heteroatoms. The number of methoxy groups -OCH3 is 1. The Morgan fingerprint density at radius 2 is 1.81 bits per heavy atom. The molecule has 0 aliphatic heterocycles. The highest BCUT2D eigenvalue weighted by molar-refractivity contribution is 5.95. The Morgan fingerprint density at radius 3 is 2.59 bits per heavy atom. The number of rotatable bonds is 3. The van der Waals surface area contributed by atoms with Crippen molar-refractivity contribution in [1.82, 2.24) is 14.8 Å². The first-order chi connectivity index (χ1) is 13.2. The number of aromatic nitrogens is 3. The molecule has 0 unspecified atom stereocenters. The predicted molar refractivity (Wildman–Crippen MR) is 102 cm³/mol. The van der Waals surface area contributed by atoms with E-state index in [4.69, 9.17) is 4.74 Å². The fourth-order valence-corrected chi connectivity index (χ4v) is 2.94. The maximum Gasteiger partial charge on any atom is 0.337 e. The van der Waals surface area contributed by atoms with E-state index in [1.807, 2.05) is 24.3 Å². The minimum absolute atomic E-state index is 0.301. The van der Waals surface area contributed by atoms with Crippen LogP contribution in [0.25, 0.3) is 27.8 Å². The van der Waals surface area contributed by atoms with Crippen LogP contribution >= 0.6 is 0 Å². The number of benzene rings is 2. The Morgan fingerprint density at radius 1 is 1.00 bits per heavy atom. The third-order valence-electron chi connectivity index (χ3n) is 4.22. The summed E-state index contributed by atoms with van der Waals surface area (Å²) in [4.78, 5) is 29.1. The van der Waals surface area contributed by atoms with Crippen LogP contribution in [0.4, 0.5) is 0 Å². The highest BCUT2D eigenvalue weighted by atomic mass is 16.5. The Bertz CT molecular complexity index is 1200. The second-order valence-electron chi connectivity index (χ2n) is 5.87. The van der Waals surface area contributed by atoms with E-state index in [0.29, 0.717) is 33.4 Å². The quantitative estimate of drug-likeness (QED) is 0.526. The third-order valence-corrected chi connectivity index (χ3v) is 4.22. The molecule has 0 fully saturated rings. The average Bonchev–Trinajstić information content (AvgIpc) is 2.74. The molecule has 0 saturated heterocycles. The number of ether oxygens (including phenoxy) is 1. The Kier molecular flexibility index (Phi) is 4.22. The number of nitrogens with zero attached hydrogens (tertiary/aromatic N) is 3. The van der Waals surface area contributed by atoms with Crippen molar-refractivity contribution >= 4 is 16.9 Å². The number of hydrogen-bond acceptors (Lipinski definition) is 5. The molecule has 0 aliphatic carbocycles. The number of hydrogen-bond donors (Lipinski definition) is 0. The maximum absolute atomic E-state index is 12.9. The van der Waals surface area contributed by atoms with Gasteiger partial charge in [-0.25, -0.2) is 4.79 Å². The van der Waals surface area contributed by atoms with Crippen molar-refractivity contribution in [1.29, 1.82) is 0 Å². The lowest BCUT2D eigenvalue weighted by Gasteiger charge is -2.11. The molecule has 0 atom stereocenters. The van der Waals surface area contributed by atoms with Crippen molar-refractivity contribution in [3.8, 4) is 16.9 Å². The summed E-state index contributed by atoms with van der Waals surface area (Å²) in [6, 6.07) is 19.7. The standard InChI is InChI=1S/C21H15N3O3/c1-27-21(26)15-8-5-7-14(13-15)18-17-11-6-12-22-19(17)20(25)24(23-18)16-9-3-2-4-10-16/h2-13H,1H3. The van der Waals surface area contributed by atoms with Gasteiger partial charge < -0.3 is 4.74 Å². The molecule has 6 nitrogen and oxygen atoms in total. The van der Waals surface area contributed by atoms with Crippen LogP contribution in [0.15, 0.2) is 77.7 Å². The number of carbonyl (C=O) groups is 1. The molecule has 0 aliphatic rings. The number of carbonyl (C=O) groups excluding carboxylic acids is 1. The largest absolute Gasteiger partial charge is 0.465 e. The SMILES string of the molecule is COC(=O)c1cccc(-c2nn(-c3ccccc3)c(=O)c3ncccc23)c1. The molecule has 0 radical (unpaired) electrons. The van der Waals surface area contributed by atoms with Gasteiger partial charge in [0.15, 0.2) is 0 Å². The summed E-state index contributed by atoms with van der Waals surface area (Å²) < 4.78 is 6.13. The summed E-state index contributed by atoms with van der Waals surface area (Å²) in [6.45, 7) is 0. The normalized spacial score (nSPS) is 10.7. The first-order valence-electron chi connectivity index (χ1n) is 8.31. The third kappa shape index (κ3) is 2.97. The zero-order valence-corrected chi connectivity index (χ0v) is 14.5. The molecule has 2 heterocycles. The average molecular weight is 357 g/mol. The van der Waals surface area contributed by atoms with E-state index >= 15 is 0 Å². The van der Waals surface area contributed by atoms with E-state index in [-0.39, 0.29) is 5.56 Å². The molecule has 2 aromatic carbocycles. The highest BCUT2D eigenvalue weighted by Crippen LogP contribution is 2.25. The van der Waals surface area contributed by atoms with Crippen LogP contribution in [0, 0.1) is 0 Å². The zero-order chi connectivity index (χ0) is 18.8. The summed E-state index contributed by atoms with van der Waals surface area (Å²) in [5.74, 6) is -0.435. The number of para-hydroxylation sites is 1. The van der Waals surface area contributed by atoms with Crippen molar-refractivity contribution in [2.24, 2.45) is 0 Å². The summed E-state index contributed by atoms with van der Waals surface area (Å²) in [6.07, 6.45) is 1.58. The van der Waals surface area contributed by atoms with E-state index in [0.717, 1.165) is 0 Å². The number of esters is 1. The van der Waals surface area contributed by atoms with Gasteiger partial charge in [0.25, 0.3) is 5.56 Å². The number of fused-ring (bicyclic) bond motifs is 1. The Labute approximate surface area is 154 Å². The van der Waals surface area contributed by atoms with Crippen molar-refractivity contribution in [3.63, 3.8) is 0 Å². The van der Waals surface area contributed by atoms with Gasteiger partial charge in [0.05, 0.1) is 18.4 Å². The molecule has 2 aromatic heterocycles. The van der Waals surface area contributed by atoms with E-state index in [1.165, 1.54) is 11.8 Å². The Hall–Kier alpha value is -3.80. The van der Waals surface area contributed by atoms with E-state index in [9.17, 15) is 9.59 Å². The predicted octanol–water partition coefficient (Wildman–Crippen LogP) is 3.23. The van der Waals surface area contributed by atoms with E-state index < -0.39 is 5.97 Å². The molecule has 132 valence electrons. The molecule has 0 bridgehead atoms. The molecule has 0 amide bonds. The molecule has 4 rings (SSSR count). The first kappa shape index (κ1) is 16.7. The van der Waals surface area contributed by atoms with Gasteiger partial charge in [-0.05, 0) is 36.4 Å². The van der Waals surface area contributed by atoms with Gasteiger partial charge in [-0.3, -0.25) is 9.78 Å². The van der Waals surface area contributed by atoms with Gasteiger partial charge in [-0.1, -0.05) is 30.3 Å². The minimum atomic E-state index is -0.435. The lowest BCUT2D eigenvalue weighted by molar-refractivity contribution is 0.0601. The van der Waals surface area contributed by atoms with Crippen LogP contribution in [0.3, 0.4) is 0 Å². The zero-order valence-electron chi connectivity index (χ0n) is 14.5. The second-order valence-corrected chi connectivity index (χ2v) is 5.87. The fourth-order valence-electron chi connectivity index (χ4n) is 2.94. The van der Waals surface area contributed by atoms with E-state index in [2.05, 4.69) is 10.1 Å². The fraction of sp³-hybridized carbons (Fsp3) is 0.0476. The van der Waals surface area contributed by atoms with Crippen LogP contribution in [0.5, 0.6) is 0 Å². The lowest BCUT2D eigenvalue weighted by Crippen LogP contribution is -2.23. The second kappa shape index (κ2) is 6.84. The van der Waals surface area contributed by atoms with Gasteiger partial charge in [-0.2, -0.15) is 9.78 Å². The van der Waals surface area contributed by atoms with Crippen LogP contribution in [0.2, 0.25) is 0 Å².